The maximum absolute atomic E-state index is 12.7. The largest absolute Gasteiger partial charge is 0.492 e. The topological polar surface area (TPSA) is 57.2 Å². The van der Waals surface area contributed by atoms with Crippen LogP contribution in [0.2, 0.25) is 0 Å². The molecule has 1 aromatic carbocycles. The molecular formula is C20H32N4O2. The van der Waals surface area contributed by atoms with Crippen LogP contribution in [-0.4, -0.2) is 69.6 Å². The highest BCUT2D eigenvalue weighted by molar-refractivity contribution is 5.85. The highest BCUT2D eigenvalue weighted by Gasteiger charge is 2.42. The van der Waals surface area contributed by atoms with Gasteiger partial charge in [-0.2, -0.15) is 0 Å². The van der Waals surface area contributed by atoms with E-state index in [2.05, 4.69) is 10.3 Å². The highest BCUT2D eigenvalue weighted by atomic mass is 16.5. The molecule has 6 heteroatoms. The average Bonchev–Trinajstić information content (AvgIpc) is 3.12. The molecule has 0 radical (unpaired) electrons. The van der Waals surface area contributed by atoms with E-state index >= 15 is 0 Å². The van der Waals surface area contributed by atoms with Gasteiger partial charge in [-0.3, -0.25) is 9.79 Å². The van der Waals surface area contributed by atoms with Crippen molar-refractivity contribution in [1.82, 2.24) is 15.1 Å². The number of para-hydroxylation sites is 1. The number of hydrogen-bond acceptors (Lipinski definition) is 3. The molecule has 1 aromatic rings. The Morgan fingerprint density at radius 3 is 2.42 bits per heavy atom. The van der Waals surface area contributed by atoms with Crippen molar-refractivity contribution in [1.29, 1.82) is 0 Å². The smallest absolute Gasteiger partial charge is 0.230 e. The van der Waals surface area contributed by atoms with Crippen molar-refractivity contribution in [2.24, 2.45) is 10.4 Å². The molecular weight excluding hydrogens is 328 g/mol. The Kier molecular flexibility index (Phi) is 7.30. The van der Waals surface area contributed by atoms with E-state index in [0.29, 0.717) is 19.7 Å². The lowest BCUT2D eigenvalue weighted by atomic mass is 9.84. The van der Waals surface area contributed by atoms with Gasteiger partial charge in [0.1, 0.15) is 12.4 Å². The minimum absolute atomic E-state index is 0.216. The van der Waals surface area contributed by atoms with Gasteiger partial charge in [-0.1, -0.05) is 31.0 Å². The maximum Gasteiger partial charge on any atom is 0.230 e. The minimum atomic E-state index is -0.305. The van der Waals surface area contributed by atoms with Crippen LogP contribution >= 0.6 is 0 Å². The van der Waals surface area contributed by atoms with Crippen molar-refractivity contribution in [2.75, 3.05) is 47.9 Å². The summed E-state index contributed by atoms with van der Waals surface area (Å²) in [5.74, 6) is 1.87. The summed E-state index contributed by atoms with van der Waals surface area (Å²) in [5, 5.41) is 3.41. The van der Waals surface area contributed by atoms with Crippen LogP contribution in [0.25, 0.3) is 0 Å². The van der Waals surface area contributed by atoms with Crippen molar-refractivity contribution in [3.63, 3.8) is 0 Å². The molecule has 0 spiro atoms. The molecule has 2 rings (SSSR count). The first-order chi connectivity index (χ1) is 12.5. The monoisotopic (exact) mass is 360 g/mol. The van der Waals surface area contributed by atoms with E-state index in [9.17, 15) is 4.79 Å². The molecule has 0 saturated heterocycles. The van der Waals surface area contributed by atoms with Crippen molar-refractivity contribution in [2.45, 2.75) is 25.7 Å². The summed E-state index contributed by atoms with van der Waals surface area (Å²) >= 11 is 0. The van der Waals surface area contributed by atoms with E-state index in [0.717, 1.165) is 37.4 Å². The molecule has 1 aliphatic rings. The van der Waals surface area contributed by atoms with Gasteiger partial charge in [0, 0.05) is 34.7 Å². The molecule has 0 heterocycles. The van der Waals surface area contributed by atoms with E-state index in [4.69, 9.17) is 4.74 Å². The molecule has 0 aromatic heterocycles. The minimum Gasteiger partial charge on any atom is -0.492 e. The zero-order chi connectivity index (χ0) is 19.0. The normalized spacial score (nSPS) is 16.2. The number of aliphatic imine (C=N–C) groups is 1. The number of carbonyl (C=O) groups excluding carboxylic acids is 1. The lowest BCUT2D eigenvalue weighted by Crippen LogP contribution is -2.50. The third kappa shape index (κ3) is 5.13. The van der Waals surface area contributed by atoms with E-state index in [1.165, 1.54) is 0 Å². The lowest BCUT2D eigenvalue weighted by Gasteiger charge is -2.32. The second kappa shape index (κ2) is 9.46. The van der Waals surface area contributed by atoms with Crippen molar-refractivity contribution in [3.8, 4) is 5.75 Å². The van der Waals surface area contributed by atoms with Crippen LogP contribution in [0.1, 0.15) is 25.7 Å². The van der Waals surface area contributed by atoms with Gasteiger partial charge in [0.05, 0.1) is 12.0 Å². The Hall–Kier alpha value is -2.24. The van der Waals surface area contributed by atoms with Gasteiger partial charge in [-0.25, -0.2) is 0 Å². The predicted molar refractivity (Wildman–Crippen MR) is 106 cm³/mol. The Morgan fingerprint density at radius 1 is 1.19 bits per heavy atom. The van der Waals surface area contributed by atoms with E-state index in [-0.39, 0.29) is 11.3 Å². The van der Waals surface area contributed by atoms with Crippen LogP contribution in [0, 0.1) is 5.41 Å². The number of rotatable bonds is 7. The molecule has 1 fully saturated rings. The summed E-state index contributed by atoms with van der Waals surface area (Å²) in [6.45, 7) is 1.91. The number of carbonyl (C=O) groups is 1. The van der Waals surface area contributed by atoms with Crippen LogP contribution < -0.4 is 10.1 Å². The summed E-state index contributed by atoms with van der Waals surface area (Å²) in [6.07, 6.45) is 4.10. The highest BCUT2D eigenvalue weighted by Crippen LogP contribution is 2.38. The SMILES string of the molecule is CN=C(NCC1(C(=O)N(C)C)CCCC1)N(C)CCOc1ccccc1. The molecule has 1 saturated carbocycles. The number of hydrogen-bond donors (Lipinski definition) is 1. The van der Waals surface area contributed by atoms with Crippen LogP contribution in [0.4, 0.5) is 0 Å². The summed E-state index contributed by atoms with van der Waals surface area (Å²) < 4.78 is 5.75. The second-order valence-electron chi connectivity index (χ2n) is 7.17. The first kappa shape index (κ1) is 20.1. The summed E-state index contributed by atoms with van der Waals surface area (Å²) in [6, 6.07) is 9.79. The molecule has 1 aliphatic carbocycles. The average molecular weight is 361 g/mol. The molecule has 1 amide bonds. The molecule has 0 unspecified atom stereocenters. The molecule has 26 heavy (non-hydrogen) atoms. The zero-order valence-corrected chi connectivity index (χ0v) is 16.5. The van der Waals surface area contributed by atoms with Crippen LogP contribution in [0.3, 0.4) is 0 Å². The Balaban J connectivity index is 1.86. The van der Waals surface area contributed by atoms with Crippen LogP contribution in [0.15, 0.2) is 35.3 Å². The third-order valence-electron chi connectivity index (χ3n) is 5.02. The van der Waals surface area contributed by atoms with Gasteiger partial charge in [0.25, 0.3) is 0 Å². The van der Waals surface area contributed by atoms with Crippen LogP contribution in [0.5, 0.6) is 5.75 Å². The van der Waals surface area contributed by atoms with Gasteiger partial charge >= 0.3 is 0 Å². The summed E-state index contributed by atoms with van der Waals surface area (Å²) in [4.78, 5) is 20.8. The molecule has 0 bridgehead atoms. The van der Waals surface area contributed by atoms with E-state index in [1.807, 2.05) is 56.4 Å². The standard InChI is InChI=1S/C20H32N4O2/c1-21-19(24(4)14-15-26-17-10-6-5-7-11-17)22-16-20(12-8-9-13-20)18(25)23(2)3/h5-7,10-11H,8-9,12-16H2,1-4H3,(H,21,22). The third-order valence-corrected chi connectivity index (χ3v) is 5.02. The molecule has 6 nitrogen and oxygen atoms in total. The van der Waals surface area contributed by atoms with Gasteiger partial charge in [0.15, 0.2) is 5.96 Å². The molecule has 144 valence electrons. The van der Waals surface area contributed by atoms with Crippen molar-refractivity contribution >= 4 is 11.9 Å². The Labute approximate surface area is 157 Å². The molecule has 0 aliphatic heterocycles. The Bertz CT molecular complexity index is 595. The van der Waals surface area contributed by atoms with Crippen molar-refractivity contribution in [3.05, 3.63) is 30.3 Å². The first-order valence-electron chi connectivity index (χ1n) is 9.30. The molecule has 1 N–H and O–H groups in total. The number of amides is 1. The first-order valence-corrected chi connectivity index (χ1v) is 9.30. The predicted octanol–water partition coefficient (Wildman–Crippen LogP) is 2.22. The molecule has 0 atom stereocenters. The quantitative estimate of drug-likeness (QED) is 0.598. The summed E-state index contributed by atoms with van der Waals surface area (Å²) in [5.41, 5.74) is -0.305. The zero-order valence-electron chi connectivity index (χ0n) is 16.5. The van der Waals surface area contributed by atoms with Gasteiger partial charge in [-0.05, 0) is 25.0 Å². The fourth-order valence-corrected chi connectivity index (χ4v) is 3.55. The fraction of sp³-hybridized carbons (Fsp3) is 0.600. The number of nitrogens with zero attached hydrogens (tertiary/aromatic N) is 3. The fourth-order valence-electron chi connectivity index (χ4n) is 3.55. The Morgan fingerprint density at radius 2 is 1.85 bits per heavy atom. The number of ether oxygens (including phenoxy) is 1. The van der Waals surface area contributed by atoms with Crippen molar-refractivity contribution < 1.29 is 9.53 Å². The van der Waals surface area contributed by atoms with Gasteiger partial charge < -0.3 is 19.9 Å². The number of guanidine groups is 1. The van der Waals surface area contributed by atoms with Crippen LogP contribution in [-0.2, 0) is 4.79 Å². The van der Waals surface area contributed by atoms with Gasteiger partial charge in [0.2, 0.25) is 5.91 Å². The van der Waals surface area contributed by atoms with E-state index in [1.54, 1.807) is 11.9 Å². The summed E-state index contributed by atoms with van der Waals surface area (Å²) in [7, 11) is 7.43. The number of benzene rings is 1. The number of likely N-dealkylation sites (N-methyl/N-ethyl adjacent to an activating group) is 1. The maximum atomic E-state index is 12.7. The van der Waals surface area contributed by atoms with Gasteiger partial charge in [-0.15, -0.1) is 0 Å². The lowest BCUT2D eigenvalue weighted by molar-refractivity contribution is -0.138. The van der Waals surface area contributed by atoms with E-state index < -0.39 is 0 Å². The second-order valence-corrected chi connectivity index (χ2v) is 7.17. The number of nitrogens with one attached hydrogen (secondary N) is 1.